The van der Waals surface area contributed by atoms with Crippen molar-refractivity contribution in [3.05, 3.63) is 29.6 Å². The third kappa shape index (κ3) is 2.27. The van der Waals surface area contributed by atoms with Gasteiger partial charge in [-0.2, -0.15) is 0 Å². The van der Waals surface area contributed by atoms with E-state index >= 15 is 0 Å². The Morgan fingerprint density at radius 2 is 1.94 bits per heavy atom. The zero-order valence-corrected chi connectivity index (χ0v) is 9.23. The van der Waals surface area contributed by atoms with Crippen LogP contribution in [0.25, 0.3) is 0 Å². The van der Waals surface area contributed by atoms with Crippen molar-refractivity contribution in [3.63, 3.8) is 0 Å². The van der Waals surface area contributed by atoms with Crippen LogP contribution in [0.3, 0.4) is 0 Å². The average molecular weight is 238 g/mol. The van der Waals surface area contributed by atoms with Crippen molar-refractivity contribution in [2.45, 2.75) is 18.8 Å². The summed E-state index contributed by atoms with van der Waals surface area (Å²) >= 11 is 0. The number of rotatable bonds is 2. The molecule has 1 fully saturated rings. The van der Waals surface area contributed by atoms with Crippen LogP contribution in [0.2, 0.25) is 0 Å². The minimum absolute atomic E-state index is 0.0611. The molecular formula is C12H11FO4. The van der Waals surface area contributed by atoms with Crippen LogP contribution in [0.5, 0.6) is 5.75 Å². The molecule has 1 aliphatic rings. The molecule has 0 N–H and O–H groups in total. The molecule has 0 bridgehead atoms. The number of esters is 2. The van der Waals surface area contributed by atoms with E-state index in [4.69, 9.17) is 4.74 Å². The minimum Gasteiger partial charge on any atom is -0.493 e. The maximum absolute atomic E-state index is 13.5. The summed E-state index contributed by atoms with van der Waals surface area (Å²) < 4.78 is 22.9. The third-order valence-electron chi connectivity index (χ3n) is 2.70. The number of ether oxygens (including phenoxy) is 2. The van der Waals surface area contributed by atoms with E-state index in [0.717, 1.165) is 0 Å². The molecule has 2 rings (SSSR count). The highest BCUT2D eigenvalue weighted by molar-refractivity contribution is 5.89. The molecule has 5 heteroatoms. The van der Waals surface area contributed by atoms with Gasteiger partial charge >= 0.3 is 11.9 Å². The molecule has 0 amide bonds. The van der Waals surface area contributed by atoms with Crippen LogP contribution in [0.1, 0.15) is 24.3 Å². The number of methoxy groups -OCH3 is 1. The van der Waals surface area contributed by atoms with Crippen LogP contribution < -0.4 is 4.74 Å². The van der Waals surface area contributed by atoms with Gasteiger partial charge in [-0.1, -0.05) is 12.1 Å². The first-order valence-electron chi connectivity index (χ1n) is 5.17. The first-order valence-corrected chi connectivity index (χ1v) is 5.17. The maximum atomic E-state index is 13.5. The highest BCUT2D eigenvalue weighted by atomic mass is 19.1. The van der Waals surface area contributed by atoms with E-state index in [-0.39, 0.29) is 24.5 Å². The van der Waals surface area contributed by atoms with Gasteiger partial charge in [-0.05, 0) is 6.07 Å². The van der Waals surface area contributed by atoms with Crippen molar-refractivity contribution >= 4 is 11.9 Å². The molecule has 90 valence electrons. The van der Waals surface area contributed by atoms with Gasteiger partial charge in [0.1, 0.15) is 0 Å². The zero-order chi connectivity index (χ0) is 12.4. The van der Waals surface area contributed by atoms with Gasteiger partial charge in [-0.25, -0.2) is 4.39 Å². The lowest BCUT2D eigenvalue weighted by molar-refractivity contribution is -0.163. The Morgan fingerprint density at radius 1 is 1.29 bits per heavy atom. The van der Waals surface area contributed by atoms with Gasteiger partial charge in [-0.3, -0.25) is 9.59 Å². The third-order valence-corrected chi connectivity index (χ3v) is 2.70. The van der Waals surface area contributed by atoms with Gasteiger partial charge in [0.15, 0.2) is 11.6 Å². The Labute approximate surface area is 97.3 Å². The van der Waals surface area contributed by atoms with Gasteiger partial charge in [0, 0.05) is 11.5 Å². The standard InChI is InChI=1S/C12H11FO4/c1-16-12-8(3-2-4-9(12)13)7-5-10(14)17-11(15)6-7/h2-4,7H,5-6H2,1H3. The van der Waals surface area contributed by atoms with E-state index in [0.29, 0.717) is 5.56 Å². The first-order chi connectivity index (χ1) is 8.11. The molecule has 0 saturated carbocycles. The van der Waals surface area contributed by atoms with E-state index in [1.54, 1.807) is 6.07 Å². The number of carbonyl (C=O) groups excluding carboxylic acids is 2. The van der Waals surface area contributed by atoms with Gasteiger partial charge in [0.25, 0.3) is 0 Å². The van der Waals surface area contributed by atoms with Crippen molar-refractivity contribution in [2.75, 3.05) is 7.11 Å². The number of cyclic esters (lactones) is 2. The summed E-state index contributed by atoms with van der Waals surface area (Å²) in [5, 5.41) is 0. The SMILES string of the molecule is COc1c(F)cccc1C1CC(=O)OC(=O)C1. The van der Waals surface area contributed by atoms with Gasteiger partial charge < -0.3 is 9.47 Å². The number of benzene rings is 1. The summed E-state index contributed by atoms with van der Waals surface area (Å²) in [5.74, 6) is -1.97. The molecule has 1 saturated heterocycles. The lowest BCUT2D eigenvalue weighted by atomic mass is 9.90. The Balaban J connectivity index is 2.36. The number of para-hydroxylation sites is 1. The summed E-state index contributed by atoms with van der Waals surface area (Å²) in [6, 6.07) is 4.45. The Hall–Kier alpha value is -1.91. The van der Waals surface area contributed by atoms with Crippen LogP contribution in [0, 0.1) is 5.82 Å². The number of hydrogen-bond acceptors (Lipinski definition) is 4. The topological polar surface area (TPSA) is 52.6 Å². The smallest absolute Gasteiger partial charge is 0.314 e. The molecule has 0 unspecified atom stereocenters. The summed E-state index contributed by atoms with van der Waals surface area (Å²) in [5.41, 5.74) is 0.525. The van der Waals surface area contributed by atoms with E-state index < -0.39 is 17.8 Å². The Morgan fingerprint density at radius 3 is 2.53 bits per heavy atom. The van der Waals surface area contributed by atoms with Crippen LogP contribution >= 0.6 is 0 Å². The largest absolute Gasteiger partial charge is 0.493 e. The normalized spacial score (nSPS) is 16.8. The minimum atomic E-state index is -0.586. The molecule has 1 aliphatic heterocycles. The van der Waals surface area contributed by atoms with E-state index in [1.165, 1.54) is 19.2 Å². The Kier molecular flexibility index (Phi) is 3.08. The molecule has 1 heterocycles. The molecule has 0 radical (unpaired) electrons. The molecule has 4 nitrogen and oxygen atoms in total. The van der Waals surface area contributed by atoms with Crippen molar-refractivity contribution in [2.24, 2.45) is 0 Å². The quantitative estimate of drug-likeness (QED) is 0.582. The van der Waals surface area contributed by atoms with E-state index in [2.05, 4.69) is 4.74 Å². The molecule has 1 aromatic rings. The zero-order valence-electron chi connectivity index (χ0n) is 9.23. The first kappa shape index (κ1) is 11.6. The lowest BCUT2D eigenvalue weighted by Gasteiger charge is -2.21. The van der Waals surface area contributed by atoms with E-state index in [9.17, 15) is 14.0 Å². The summed E-state index contributed by atoms with van der Waals surface area (Å²) in [7, 11) is 1.35. The second-order valence-corrected chi connectivity index (χ2v) is 3.81. The molecule has 0 aliphatic carbocycles. The average Bonchev–Trinajstić information content (AvgIpc) is 2.27. The van der Waals surface area contributed by atoms with Gasteiger partial charge in [-0.15, -0.1) is 0 Å². The van der Waals surface area contributed by atoms with Gasteiger partial charge in [0.2, 0.25) is 0 Å². The number of halogens is 1. The van der Waals surface area contributed by atoms with Crippen molar-refractivity contribution in [1.82, 2.24) is 0 Å². The lowest BCUT2D eigenvalue weighted by Crippen LogP contribution is -2.24. The number of carbonyl (C=O) groups is 2. The molecule has 17 heavy (non-hydrogen) atoms. The van der Waals surface area contributed by atoms with Gasteiger partial charge in [0.05, 0.1) is 20.0 Å². The maximum Gasteiger partial charge on any atom is 0.314 e. The number of hydrogen-bond donors (Lipinski definition) is 0. The fraction of sp³-hybridized carbons (Fsp3) is 0.333. The Bertz CT molecular complexity index is 454. The van der Waals surface area contributed by atoms with Crippen molar-refractivity contribution < 1.29 is 23.5 Å². The second-order valence-electron chi connectivity index (χ2n) is 3.81. The summed E-state index contributed by atoms with van der Waals surface area (Å²) in [4.78, 5) is 22.3. The molecule has 1 aromatic carbocycles. The van der Waals surface area contributed by atoms with Crippen LogP contribution in [-0.2, 0) is 14.3 Å². The molecule has 0 spiro atoms. The molecule has 0 atom stereocenters. The second kappa shape index (κ2) is 4.53. The monoisotopic (exact) mass is 238 g/mol. The predicted octanol–water partition coefficient (Wildman–Crippen LogP) is 1.78. The van der Waals surface area contributed by atoms with Crippen molar-refractivity contribution in [3.8, 4) is 5.75 Å². The summed E-state index contributed by atoms with van der Waals surface area (Å²) in [6.45, 7) is 0. The molecule has 0 aromatic heterocycles. The highest BCUT2D eigenvalue weighted by Gasteiger charge is 2.30. The van der Waals surface area contributed by atoms with Crippen LogP contribution in [-0.4, -0.2) is 19.0 Å². The van der Waals surface area contributed by atoms with E-state index in [1.807, 2.05) is 0 Å². The predicted molar refractivity (Wildman–Crippen MR) is 56.0 cm³/mol. The van der Waals surface area contributed by atoms with Crippen LogP contribution in [0.4, 0.5) is 4.39 Å². The van der Waals surface area contributed by atoms with Crippen LogP contribution in [0.15, 0.2) is 18.2 Å². The fourth-order valence-electron chi connectivity index (χ4n) is 1.97. The van der Waals surface area contributed by atoms with Crippen molar-refractivity contribution in [1.29, 1.82) is 0 Å². The summed E-state index contributed by atoms with van der Waals surface area (Å²) in [6.07, 6.45) is 0.122. The molecular weight excluding hydrogens is 227 g/mol. The fourth-order valence-corrected chi connectivity index (χ4v) is 1.97. The highest BCUT2D eigenvalue weighted by Crippen LogP contribution is 2.35.